The molecule has 16 heavy (non-hydrogen) atoms. The van der Waals surface area contributed by atoms with E-state index in [0.717, 1.165) is 6.54 Å². The molecule has 0 aliphatic heterocycles. The van der Waals surface area contributed by atoms with Crippen LogP contribution < -0.4 is 4.90 Å². The van der Waals surface area contributed by atoms with Crippen molar-refractivity contribution in [3.05, 3.63) is 30.3 Å². The maximum absolute atomic E-state index is 4.42. The quantitative estimate of drug-likeness (QED) is 0.387. The van der Waals surface area contributed by atoms with E-state index in [0.29, 0.717) is 0 Å². The number of hydrogen-bond acceptors (Lipinski definition) is 1. The lowest BCUT2D eigenvalue weighted by molar-refractivity contribution is 0.675. The summed E-state index contributed by atoms with van der Waals surface area (Å²) in [7, 11) is 2.03. The van der Waals surface area contributed by atoms with Crippen molar-refractivity contribution in [3.8, 4) is 0 Å². The van der Waals surface area contributed by atoms with Crippen molar-refractivity contribution in [2.24, 2.45) is 4.99 Å². The lowest BCUT2D eigenvalue weighted by Crippen LogP contribution is -2.14. The summed E-state index contributed by atoms with van der Waals surface area (Å²) < 4.78 is 0. The standard InChI is InChI=1S/C14H22N2/c1-3-4-5-9-12-15-13-16(2)14-10-7-6-8-11-14/h6-8,10-11,13H,3-5,9,12H2,1-2H3. The summed E-state index contributed by atoms with van der Waals surface area (Å²) in [5.74, 6) is 0. The van der Waals surface area contributed by atoms with Crippen LogP contribution in [0.15, 0.2) is 35.3 Å². The molecule has 1 aromatic rings. The Labute approximate surface area is 99.0 Å². The van der Waals surface area contributed by atoms with Crippen LogP contribution >= 0.6 is 0 Å². The van der Waals surface area contributed by atoms with E-state index in [2.05, 4.69) is 28.9 Å². The van der Waals surface area contributed by atoms with Gasteiger partial charge in [0, 0.05) is 19.3 Å². The van der Waals surface area contributed by atoms with Crippen molar-refractivity contribution in [2.45, 2.75) is 32.6 Å². The van der Waals surface area contributed by atoms with Gasteiger partial charge in [-0.15, -0.1) is 0 Å². The Bertz CT molecular complexity index is 293. The van der Waals surface area contributed by atoms with E-state index in [-0.39, 0.29) is 0 Å². The molecule has 2 heteroatoms. The second-order valence-electron chi connectivity index (χ2n) is 4.03. The van der Waals surface area contributed by atoms with E-state index in [1.165, 1.54) is 31.4 Å². The summed E-state index contributed by atoms with van der Waals surface area (Å²) in [5, 5.41) is 0. The summed E-state index contributed by atoms with van der Waals surface area (Å²) >= 11 is 0. The third-order valence-corrected chi connectivity index (χ3v) is 2.56. The van der Waals surface area contributed by atoms with Gasteiger partial charge in [0.25, 0.3) is 0 Å². The molecule has 0 aliphatic carbocycles. The first-order valence-corrected chi connectivity index (χ1v) is 6.12. The fourth-order valence-corrected chi connectivity index (χ4v) is 1.54. The fraction of sp³-hybridized carbons (Fsp3) is 0.500. The second kappa shape index (κ2) is 7.91. The minimum Gasteiger partial charge on any atom is -0.336 e. The molecule has 2 nitrogen and oxygen atoms in total. The summed E-state index contributed by atoms with van der Waals surface area (Å²) in [6.07, 6.45) is 7.02. The van der Waals surface area contributed by atoms with Gasteiger partial charge in [0.1, 0.15) is 0 Å². The van der Waals surface area contributed by atoms with Gasteiger partial charge in [-0.25, -0.2) is 0 Å². The highest BCUT2D eigenvalue weighted by Gasteiger charge is 1.93. The van der Waals surface area contributed by atoms with E-state index >= 15 is 0 Å². The van der Waals surface area contributed by atoms with Crippen molar-refractivity contribution in [1.82, 2.24) is 0 Å². The third-order valence-electron chi connectivity index (χ3n) is 2.56. The molecular weight excluding hydrogens is 196 g/mol. The monoisotopic (exact) mass is 218 g/mol. The van der Waals surface area contributed by atoms with Crippen LogP contribution in [0.1, 0.15) is 32.6 Å². The molecule has 0 atom stereocenters. The van der Waals surface area contributed by atoms with Gasteiger partial charge < -0.3 is 4.90 Å². The molecule has 0 unspecified atom stereocenters. The van der Waals surface area contributed by atoms with Gasteiger partial charge in [-0.3, -0.25) is 4.99 Å². The largest absolute Gasteiger partial charge is 0.336 e. The third kappa shape index (κ3) is 4.96. The number of unbranched alkanes of at least 4 members (excludes halogenated alkanes) is 3. The molecule has 0 N–H and O–H groups in total. The van der Waals surface area contributed by atoms with Gasteiger partial charge in [-0.1, -0.05) is 44.4 Å². The van der Waals surface area contributed by atoms with Crippen LogP contribution in [-0.2, 0) is 0 Å². The van der Waals surface area contributed by atoms with E-state index in [4.69, 9.17) is 0 Å². The summed E-state index contributed by atoms with van der Waals surface area (Å²) in [4.78, 5) is 6.48. The highest BCUT2D eigenvalue weighted by atomic mass is 15.1. The molecule has 0 saturated heterocycles. The average Bonchev–Trinajstić information content (AvgIpc) is 2.34. The van der Waals surface area contributed by atoms with Crippen LogP contribution in [-0.4, -0.2) is 19.9 Å². The molecule has 0 heterocycles. The Hall–Kier alpha value is -1.31. The van der Waals surface area contributed by atoms with Gasteiger partial charge in [0.2, 0.25) is 0 Å². The van der Waals surface area contributed by atoms with Crippen LogP contribution in [0.2, 0.25) is 0 Å². The van der Waals surface area contributed by atoms with Gasteiger partial charge in [-0.05, 0) is 18.6 Å². The first kappa shape index (κ1) is 12.8. The predicted molar refractivity (Wildman–Crippen MR) is 72.3 cm³/mol. The number of aliphatic imine (C=N–C) groups is 1. The number of benzene rings is 1. The molecule has 0 amide bonds. The molecule has 88 valence electrons. The summed E-state index contributed by atoms with van der Waals surface area (Å²) in [6, 6.07) is 10.3. The molecule has 0 saturated carbocycles. The number of nitrogens with zero attached hydrogens (tertiary/aromatic N) is 2. The fourth-order valence-electron chi connectivity index (χ4n) is 1.54. The van der Waals surface area contributed by atoms with Gasteiger partial charge >= 0.3 is 0 Å². The van der Waals surface area contributed by atoms with E-state index in [1.54, 1.807) is 0 Å². The van der Waals surface area contributed by atoms with Crippen molar-refractivity contribution in [3.63, 3.8) is 0 Å². The number of anilines is 1. The number of para-hydroxylation sites is 1. The van der Waals surface area contributed by atoms with E-state index in [1.807, 2.05) is 31.6 Å². The summed E-state index contributed by atoms with van der Waals surface area (Å²) in [6.45, 7) is 3.17. The van der Waals surface area contributed by atoms with Crippen LogP contribution in [0.4, 0.5) is 5.69 Å². The molecule has 0 fully saturated rings. The maximum atomic E-state index is 4.42. The van der Waals surface area contributed by atoms with Crippen molar-refractivity contribution >= 4 is 12.0 Å². The van der Waals surface area contributed by atoms with Crippen LogP contribution in [0, 0.1) is 0 Å². The Balaban J connectivity index is 2.24. The second-order valence-corrected chi connectivity index (χ2v) is 4.03. The van der Waals surface area contributed by atoms with Crippen LogP contribution in [0.3, 0.4) is 0 Å². The molecule has 0 spiro atoms. The highest BCUT2D eigenvalue weighted by Crippen LogP contribution is 2.08. The zero-order valence-corrected chi connectivity index (χ0v) is 10.4. The van der Waals surface area contributed by atoms with Crippen molar-refractivity contribution in [2.75, 3.05) is 18.5 Å². The normalized spacial score (nSPS) is 10.9. The molecule has 1 rings (SSSR count). The zero-order chi connectivity index (χ0) is 11.6. The van der Waals surface area contributed by atoms with Gasteiger partial charge in [0.05, 0.1) is 6.34 Å². The maximum Gasteiger partial charge on any atom is 0.0891 e. The zero-order valence-electron chi connectivity index (χ0n) is 10.4. The Morgan fingerprint density at radius 3 is 2.56 bits per heavy atom. The van der Waals surface area contributed by atoms with Gasteiger partial charge in [-0.2, -0.15) is 0 Å². The SMILES string of the molecule is CCCCCCN=CN(C)c1ccccc1. The Morgan fingerprint density at radius 1 is 1.12 bits per heavy atom. The van der Waals surface area contributed by atoms with E-state index in [9.17, 15) is 0 Å². The summed E-state index contributed by atoms with van der Waals surface area (Å²) in [5.41, 5.74) is 1.18. The lowest BCUT2D eigenvalue weighted by Gasteiger charge is -2.12. The first-order chi connectivity index (χ1) is 7.84. The Kier molecular flexibility index (Phi) is 6.31. The number of hydrogen-bond donors (Lipinski definition) is 0. The van der Waals surface area contributed by atoms with Gasteiger partial charge in [0.15, 0.2) is 0 Å². The first-order valence-electron chi connectivity index (χ1n) is 6.12. The minimum absolute atomic E-state index is 0.942. The molecule has 0 aromatic heterocycles. The number of rotatable bonds is 7. The highest BCUT2D eigenvalue weighted by molar-refractivity contribution is 5.78. The van der Waals surface area contributed by atoms with Crippen molar-refractivity contribution in [1.29, 1.82) is 0 Å². The molecule has 0 bridgehead atoms. The predicted octanol–water partition coefficient (Wildman–Crippen LogP) is 3.73. The average molecular weight is 218 g/mol. The van der Waals surface area contributed by atoms with E-state index < -0.39 is 0 Å². The smallest absolute Gasteiger partial charge is 0.0891 e. The van der Waals surface area contributed by atoms with Crippen LogP contribution in [0.25, 0.3) is 0 Å². The Morgan fingerprint density at radius 2 is 1.88 bits per heavy atom. The van der Waals surface area contributed by atoms with Crippen LogP contribution in [0.5, 0.6) is 0 Å². The van der Waals surface area contributed by atoms with Crippen molar-refractivity contribution < 1.29 is 0 Å². The molecule has 1 aromatic carbocycles. The molecule has 0 radical (unpaired) electrons. The molecule has 0 aliphatic rings. The molecular formula is C14H22N2. The topological polar surface area (TPSA) is 15.6 Å². The minimum atomic E-state index is 0.942. The lowest BCUT2D eigenvalue weighted by atomic mass is 10.2.